The maximum absolute atomic E-state index is 6.06. The summed E-state index contributed by atoms with van der Waals surface area (Å²) in [6, 6.07) is 9.87. The summed E-state index contributed by atoms with van der Waals surface area (Å²) in [5, 5.41) is 0.797. The summed E-state index contributed by atoms with van der Waals surface area (Å²) in [5.74, 6) is 0.749. The van der Waals surface area contributed by atoms with Crippen LogP contribution in [0.15, 0.2) is 53.5 Å². The molecule has 0 N–H and O–H groups in total. The molecule has 0 saturated heterocycles. The number of furan rings is 1. The molecule has 0 radical (unpaired) electrons. The first-order valence-electron chi connectivity index (χ1n) is 7.17. The minimum atomic E-state index is 0.749. The second kappa shape index (κ2) is 5.46. The van der Waals surface area contributed by atoms with Crippen molar-refractivity contribution in [2.75, 3.05) is 11.4 Å². The van der Waals surface area contributed by atoms with Crippen molar-refractivity contribution in [3.05, 3.63) is 65.2 Å². The lowest BCUT2D eigenvalue weighted by Crippen LogP contribution is -2.31. The first-order chi connectivity index (χ1) is 10.8. The Hall–Kier alpha value is -2.33. The molecule has 4 rings (SSSR count). The third-order valence-electron chi connectivity index (χ3n) is 3.92. The Balaban J connectivity index is 1.63. The molecule has 5 heteroatoms. The van der Waals surface area contributed by atoms with E-state index in [0.29, 0.717) is 0 Å². The Bertz CT molecular complexity index is 801. The van der Waals surface area contributed by atoms with Gasteiger partial charge in [0.05, 0.1) is 18.2 Å². The van der Waals surface area contributed by atoms with E-state index in [1.165, 1.54) is 11.1 Å². The Labute approximate surface area is 133 Å². The summed E-state index contributed by atoms with van der Waals surface area (Å²) in [5.41, 5.74) is 4.44. The molecule has 1 aromatic carbocycles. The molecule has 3 aromatic rings. The minimum absolute atomic E-state index is 0.749. The molecule has 0 fully saturated rings. The van der Waals surface area contributed by atoms with Gasteiger partial charge in [-0.05, 0) is 41.8 Å². The highest BCUT2D eigenvalue weighted by molar-refractivity contribution is 6.30. The standard InChI is InChI=1S/C17H14ClN3O/c18-15-2-1-13-10-21(7-4-12(13)9-15)17-19-6-3-16(20-17)14-5-8-22-11-14/h1-3,5-6,8-9,11H,4,7,10H2. The van der Waals surface area contributed by atoms with Gasteiger partial charge in [0, 0.05) is 29.9 Å². The molecule has 0 spiro atoms. The topological polar surface area (TPSA) is 42.2 Å². The fraction of sp³-hybridized carbons (Fsp3) is 0.176. The highest BCUT2D eigenvalue weighted by Gasteiger charge is 2.19. The average molecular weight is 312 g/mol. The minimum Gasteiger partial charge on any atom is -0.472 e. The van der Waals surface area contributed by atoms with Gasteiger partial charge < -0.3 is 9.32 Å². The SMILES string of the molecule is Clc1ccc2c(c1)CCN(c1nccc(-c3ccoc3)n1)C2. The lowest BCUT2D eigenvalue weighted by molar-refractivity contribution is 0.568. The molecule has 0 amide bonds. The van der Waals surface area contributed by atoms with Crippen LogP contribution in [0.25, 0.3) is 11.3 Å². The number of fused-ring (bicyclic) bond motifs is 1. The molecular formula is C17H14ClN3O. The summed E-state index contributed by atoms with van der Waals surface area (Å²) < 4.78 is 5.13. The second-order valence-corrected chi connectivity index (χ2v) is 5.77. The van der Waals surface area contributed by atoms with Crippen LogP contribution in [0.5, 0.6) is 0 Å². The molecule has 1 aliphatic rings. The zero-order chi connectivity index (χ0) is 14.9. The summed E-state index contributed by atoms with van der Waals surface area (Å²) >= 11 is 6.06. The zero-order valence-electron chi connectivity index (χ0n) is 11.9. The molecule has 4 nitrogen and oxygen atoms in total. The van der Waals surface area contributed by atoms with Crippen LogP contribution in [0.3, 0.4) is 0 Å². The number of hydrogen-bond acceptors (Lipinski definition) is 4. The molecule has 110 valence electrons. The monoisotopic (exact) mass is 311 g/mol. The lowest BCUT2D eigenvalue weighted by Gasteiger charge is -2.29. The first kappa shape index (κ1) is 13.3. The van der Waals surface area contributed by atoms with Gasteiger partial charge in [0.15, 0.2) is 0 Å². The van der Waals surface area contributed by atoms with Crippen molar-refractivity contribution in [3.63, 3.8) is 0 Å². The number of rotatable bonds is 2. The number of aromatic nitrogens is 2. The first-order valence-corrected chi connectivity index (χ1v) is 7.55. The van der Waals surface area contributed by atoms with Gasteiger partial charge in [0.1, 0.15) is 0 Å². The lowest BCUT2D eigenvalue weighted by atomic mass is 10.0. The van der Waals surface area contributed by atoms with E-state index in [9.17, 15) is 0 Å². The van der Waals surface area contributed by atoms with Crippen LogP contribution in [0, 0.1) is 0 Å². The number of anilines is 1. The van der Waals surface area contributed by atoms with Crippen LogP contribution < -0.4 is 4.90 Å². The van der Waals surface area contributed by atoms with E-state index in [1.807, 2.05) is 18.2 Å². The number of benzene rings is 1. The largest absolute Gasteiger partial charge is 0.472 e. The van der Waals surface area contributed by atoms with E-state index in [-0.39, 0.29) is 0 Å². The summed E-state index contributed by atoms with van der Waals surface area (Å²) in [6.07, 6.45) is 6.09. The molecule has 0 bridgehead atoms. The number of hydrogen-bond donors (Lipinski definition) is 0. The van der Waals surface area contributed by atoms with Gasteiger partial charge in [-0.1, -0.05) is 17.7 Å². The fourth-order valence-corrected chi connectivity index (χ4v) is 2.96. The normalized spacial score (nSPS) is 14.0. The van der Waals surface area contributed by atoms with Crippen LogP contribution in [0.4, 0.5) is 5.95 Å². The predicted molar refractivity (Wildman–Crippen MR) is 85.9 cm³/mol. The highest BCUT2D eigenvalue weighted by atomic mass is 35.5. The second-order valence-electron chi connectivity index (χ2n) is 5.34. The van der Waals surface area contributed by atoms with Crippen LogP contribution >= 0.6 is 11.6 Å². The molecule has 2 aromatic heterocycles. The van der Waals surface area contributed by atoms with Crippen LogP contribution in [-0.4, -0.2) is 16.5 Å². The maximum Gasteiger partial charge on any atom is 0.226 e. The summed E-state index contributed by atoms with van der Waals surface area (Å²) in [4.78, 5) is 11.3. The van der Waals surface area contributed by atoms with E-state index in [4.69, 9.17) is 16.0 Å². The van der Waals surface area contributed by atoms with E-state index < -0.39 is 0 Å². The van der Waals surface area contributed by atoms with Gasteiger partial charge >= 0.3 is 0 Å². The Morgan fingerprint density at radius 1 is 1.14 bits per heavy atom. The van der Waals surface area contributed by atoms with E-state index in [0.717, 1.165) is 41.7 Å². The predicted octanol–water partition coefficient (Wildman–Crippen LogP) is 3.95. The molecule has 1 aliphatic heterocycles. The fourth-order valence-electron chi connectivity index (χ4n) is 2.76. The Morgan fingerprint density at radius 2 is 2.09 bits per heavy atom. The van der Waals surface area contributed by atoms with Crippen molar-refractivity contribution in [1.82, 2.24) is 9.97 Å². The molecular weight excluding hydrogens is 298 g/mol. The zero-order valence-corrected chi connectivity index (χ0v) is 12.6. The van der Waals surface area contributed by atoms with Gasteiger partial charge in [0.25, 0.3) is 0 Å². The van der Waals surface area contributed by atoms with Crippen molar-refractivity contribution in [2.45, 2.75) is 13.0 Å². The molecule has 0 saturated carbocycles. The molecule has 0 aliphatic carbocycles. The Morgan fingerprint density at radius 3 is 2.95 bits per heavy atom. The van der Waals surface area contributed by atoms with Gasteiger partial charge in [-0.15, -0.1) is 0 Å². The van der Waals surface area contributed by atoms with E-state index >= 15 is 0 Å². The maximum atomic E-state index is 6.06. The van der Waals surface area contributed by atoms with Crippen LogP contribution in [-0.2, 0) is 13.0 Å². The average Bonchev–Trinajstić information content (AvgIpc) is 3.09. The Kier molecular flexibility index (Phi) is 3.31. The highest BCUT2D eigenvalue weighted by Crippen LogP contribution is 2.26. The van der Waals surface area contributed by atoms with E-state index in [2.05, 4.69) is 27.0 Å². The van der Waals surface area contributed by atoms with E-state index in [1.54, 1.807) is 18.7 Å². The summed E-state index contributed by atoms with van der Waals surface area (Å²) in [6.45, 7) is 1.70. The van der Waals surface area contributed by atoms with Gasteiger partial charge in [0.2, 0.25) is 5.95 Å². The van der Waals surface area contributed by atoms with Crippen molar-refractivity contribution < 1.29 is 4.42 Å². The smallest absolute Gasteiger partial charge is 0.226 e. The van der Waals surface area contributed by atoms with Gasteiger partial charge in [-0.3, -0.25) is 0 Å². The molecule has 0 atom stereocenters. The third-order valence-corrected chi connectivity index (χ3v) is 4.16. The molecule has 0 unspecified atom stereocenters. The van der Waals surface area contributed by atoms with Crippen molar-refractivity contribution in [1.29, 1.82) is 0 Å². The van der Waals surface area contributed by atoms with Crippen LogP contribution in [0.2, 0.25) is 5.02 Å². The van der Waals surface area contributed by atoms with Gasteiger partial charge in [-0.25, -0.2) is 9.97 Å². The van der Waals surface area contributed by atoms with Crippen LogP contribution in [0.1, 0.15) is 11.1 Å². The number of nitrogens with zero attached hydrogens (tertiary/aromatic N) is 3. The molecule has 3 heterocycles. The molecule has 22 heavy (non-hydrogen) atoms. The van der Waals surface area contributed by atoms with Crippen molar-refractivity contribution in [2.24, 2.45) is 0 Å². The van der Waals surface area contributed by atoms with Crippen molar-refractivity contribution >= 4 is 17.5 Å². The quantitative estimate of drug-likeness (QED) is 0.718. The third kappa shape index (κ3) is 2.46. The van der Waals surface area contributed by atoms with Gasteiger partial charge in [-0.2, -0.15) is 0 Å². The van der Waals surface area contributed by atoms with Crippen molar-refractivity contribution in [3.8, 4) is 11.3 Å². The summed E-state index contributed by atoms with van der Waals surface area (Å²) in [7, 11) is 0. The number of halogens is 1.